The number of hydrogen-bond donors (Lipinski definition) is 2. The molecule has 5 nitrogen and oxygen atoms in total. The highest BCUT2D eigenvalue weighted by atomic mass is 35.5. The largest absolute Gasteiger partial charge is 0.347 e. The van der Waals surface area contributed by atoms with Crippen molar-refractivity contribution in [3.63, 3.8) is 0 Å². The molecule has 2 fully saturated rings. The number of benzene rings is 1. The Labute approximate surface area is 165 Å². The van der Waals surface area contributed by atoms with Crippen molar-refractivity contribution in [2.75, 3.05) is 19.6 Å². The van der Waals surface area contributed by atoms with Gasteiger partial charge in [-0.3, -0.25) is 9.89 Å². The number of H-pyrrole nitrogens is 1. The monoisotopic (exact) mass is 386 g/mol. The highest BCUT2D eigenvalue weighted by Crippen LogP contribution is 2.30. The van der Waals surface area contributed by atoms with Crippen LogP contribution in [-0.2, 0) is 0 Å². The van der Waals surface area contributed by atoms with Crippen molar-refractivity contribution in [3.05, 3.63) is 40.5 Å². The Balaban J connectivity index is 1.43. The van der Waals surface area contributed by atoms with E-state index in [4.69, 9.17) is 11.6 Å². The second-order valence-electron chi connectivity index (χ2n) is 7.95. The summed E-state index contributed by atoms with van der Waals surface area (Å²) in [6.07, 6.45) is 6.18. The quantitative estimate of drug-likeness (QED) is 0.815. The van der Waals surface area contributed by atoms with Gasteiger partial charge in [-0.25, -0.2) is 0 Å². The Bertz CT molecular complexity index is 797. The Morgan fingerprint density at radius 2 is 2.04 bits per heavy atom. The molecule has 0 spiro atoms. The molecule has 1 saturated carbocycles. The molecule has 2 aromatic rings. The zero-order valence-corrected chi connectivity index (χ0v) is 16.6. The predicted octanol–water partition coefficient (Wildman–Crippen LogP) is 4.03. The number of aromatic amines is 1. The van der Waals surface area contributed by atoms with Crippen LogP contribution in [0.1, 0.15) is 48.2 Å². The van der Waals surface area contributed by atoms with E-state index in [0.29, 0.717) is 10.7 Å². The van der Waals surface area contributed by atoms with Crippen molar-refractivity contribution < 1.29 is 4.79 Å². The van der Waals surface area contributed by atoms with Gasteiger partial charge < -0.3 is 10.2 Å². The van der Waals surface area contributed by atoms with E-state index in [9.17, 15) is 4.79 Å². The van der Waals surface area contributed by atoms with Gasteiger partial charge in [0.25, 0.3) is 5.91 Å². The third-order valence-corrected chi connectivity index (χ3v) is 5.91. The lowest BCUT2D eigenvalue weighted by Crippen LogP contribution is -2.43. The first-order chi connectivity index (χ1) is 13.1. The summed E-state index contributed by atoms with van der Waals surface area (Å²) in [5, 5.41) is 11.2. The molecule has 1 saturated heterocycles. The molecule has 1 atom stereocenters. The molecule has 1 aliphatic carbocycles. The van der Waals surface area contributed by atoms with E-state index < -0.39 is 0 Å². The van der Waals surface area contributed by atoms with Crippen LogP contribution in [0.4, 0.5) is 0 Å². The summed E-state index contributed by atoms with van der Waals surface area (Å²) in [6, 6.07) is 7.73. The number of nitrogens with zero attached hydrogens (tertiary/aromatic N) is 2. The van der Waals surface area contributed by atoms with Gasteiger partial charge in [0, 0.05) is 35.3 Å². The lowest BCUT2D eigenvalue weighted by molar-refractivity contribution is 0.0920. The smallest absolute Gasteiger partial charge is 0.269 e. The summed E-state index contributed by atoms with van der Waals surface area (Å²) in [5.41, 5.74) is 3.18. The van der Waals surface area contributed by atoms with E-state index in [-0.39, 0.29) is 11.9 Å². The molecule has 0 unspecified atom stereocenters. The minimum Gasteiger partial charge on any atom is -0.347 e. The number of carbonyl (C=O) groups excluding carboxylic acids is 1. The van der Waals surface area contributed by atoms with Gasteiger partial charge in [-0.1, -0.05) is 30.2 Å². The summed E-state index contributed by atoms with van der Waals surface area (Å²) in [7, 11) is 0. The highest BCUT2D eigenvalue weighted by Gasteiger charge is 2.28. The van der Waals surface area contributed by atoms with E-state index in [1.54, 1.807) is 0 Å². The molecule has 1 aliphatic heterocycles. The third kappa shape index (κ3) is 4.53. The summed E-state index contributed by atoms with van der Waals surface area (Å²) in [6.45, 7) is 5.25. The predicted molar refractivity (Wildman–Crippen MR) is 108 cm³/mol. The summed E-state index contributed by atoms with van der Waals surface area (Å²) in [4.78, 5) is 15.4. The second kappa shape index (κ2) is 8.03. The number of likely N-dealkylation sites (tertiary alicyclic amines) is 1. The fourth-order valence-corrected chi connectivity index (χ4v) is 4.06. The molecule has 1 aromatic carbocycles. The summed E-state index contributed by atoms with van der Waals surface area (Å²) < 4.78 is 0. The normalized spacial score (nSPS) is 21.0. The third-order valence-electron chi connectivity index (χ3n) is 5.66. The van der Waals surface area contributed by atoms with Crippen LogP contribution in [0.3, 0.4) is 0 Å². The van der Waals surface area contributed by atoms with Gasteiger partial charge in [0.1, 0.15) is 5.69 Å². The van der Waals surface area contributed by atoms with Gasteiger partial charge in [-0.2, -0.15) is 5.10 Å². The SMILES string of the molecule is Cc1c(-c2ccc(Cl)cc2)n[nH]c1C(=O)N[C@H]1CCCCN(CC2CC2)C1. The molecular weight excluding hydrogens is 360 g/mol. The van der Waals surface area contributed by atoms with Crippen LogP contribution >= 0.6 is 11.6 Å². The molecule has 1 amide bonds. The Morgan fingerprint density at radius 1 is 1.26 bits per heavy atom. The van der Waals surface area contributed by atoms with Gasteiger partial charge in [0.15, 0.2) is 0 Å². The molecule has 0 radical (unpaired) electrons. The summed E-state index contributed by atoms with van der Waals surface area (Å²) >= 11 is 5.97. The van der Waals surface area contributed by atoms with Crippen LogP contribution in [0.15, 0.2) is 24.3 Å². The van der Waals surface area contributed by atoms with Crippen LogP contribution in [-0.4, -0.2) is 46.7 Å². The average Bonchev–Trinajstić information content (AvgIpc) is 3.42. The first-order valence-electron chi connectivity index (χ1n) is 9.94. The molecule has 1 aromatic heterocycles. The molecule has 2 heterocycles. The van der Waals surface area contributed by atoms with Crippen molar-refractivity contribution >= 4 is 17.5 Å². The van der Waals surface area contributed by atoms with E-state index in [1.165, 1.54) is 32.2 Å². The number of hydrogen-bond acceptors (Lipinski definition) is 3. The maximum Gasteiger partial charge on any atom is 0.269 e. The van der Waals surface area contributed by atoms with E-state index in [2.05, 4.69) is 20.4 Å². The van der Waals surface area contributed by atoms with Crippen LogP contribution in [0.25, 0.3) is 11.3 Å². The number of amides is 1. The number of halogens is 1. The minimum absolute atomic E-state index is 0.0570. The molecule has 27 heavy (non-hydrogen) atoms. The molecule has 2 aliphatic rings. The van der Waals surface area contributed by atoms with Crippen LogP contribution in [0, 0.1) is 12.8 Å². The van der Waals surface area contributed by atoms with Gasteiger partial charge in [-0.15, -0.1) is 0 Å². The highest BCUT2D eigenvalue weighted by molar-refractivity contribution is 6.30. The lowest BCUT2D eigenvalue weighted by Gasteiger charge is -2.24. The number of aromatic nitrogens is 2. The Hall–Kier alpha value is -1.85. The zero-order chi connectivity index (χ0) is 18.8. The van der Waals surface area contributed by atoms with E-state index >= 15 is 0 Å². The fourth-order valence-electron chi connectivity index (χ4n) is 3.93. The maximum absolute atomic E-state index is 12.9. The van der Waals surface area contributed by atoms with Gasteiger partial charge in [0.2, 0.25) is 0 Å². The molecule has 4 rings (SSSR count). The van der Waals surface area contributed by atoms with Crippen LogP contribution in [0.2, 0.25) is 5.02 Å². The van der Waals surface area contributed by atoms with Gasteiger partial charge >= 0.3 is 0 Å². The van der Waals surface area contributed by atoms with E-state index in [0.717, 1.165) is 42.2 Å². The minimum atomic E-state index is -0.0570. The molecular formula is C21H27ClN4O. The fraction of sp³-hybridized carbons (Fsp3) is 0.524. The first-order valence-corrected chi connectivity index (χ1v) is 10.3. The Morgan fingerprint density at radius 3 is 2.78 bits per heavy atom. The summed E-state index contributed by atoms with van der Waals surface area (Å²) in [5.74, 6) is 0.828. The second-order valence-corrected chi connectivity index (χ2v) is 8.38. The number of nitrogens with one attached hydrogen (secondary N) is 2. The van der Waals surface area contributed by atoms with Crippen molar-refractivity contribution in [2.24, 2.45) is 5.92 Å². The van der Waals surface area contributed by atoms with Gasteiger partial charge in [-0.05, 0) is 57.2 Å². The van der Waals surface area contributed by atoms with Crippen molar-refractivity contribution in [1.82, 2.24) is 20.4 Å². The topological polar surface area (TPSA) is 61.0 Å². The van der Waals surface area contributed by atoms with Crippen molar-refractivity contribution in [2.45, 2.75) is 45.1 Å². The first kappa shape index (κ1) is 18.5. The zero-order valence-electron chi connectivity index (χ0n) is 15.8. The molecule has 2 N–H and O–H groups in total. The average molecular weight is 387 g/mol. The van der Waals surface area contributed by atoms with Crippen molar-refractivity contribution in [1.29, 1.82) is 0 Å². The van der Waals surface area contributed by atoms with Gasteiger partial charge in [0.05, 0.1) is 5.69 Å². The van der Waals surface area contributed by atoms with Crippen LogP contribution < -0.4 is 5.32 Å². The standard InChI is InChI=1S/C21H27ClN4O/c1-14-19(16-7-9-17(22)10-8-16)24-25-20(14)21(27)23-18-4-2-3-11-26(13-18)12-15-5-6-15/h7-10,15,18H,2-6,11-13H2,1H3,(H,23,27)(H,24,25)/t18-/m0/s1. The van der Waals surface area contributed by atoms with Crippen molar-refractivity contribution in [3.8, 4) is 11.3 Å². The van der Waals surface area contributed by atoms with Crippen LogP contribution in [0.5, 0.6) is 0 Å². The maximum atomic E-state index is 12.9. The number of carbonyl (C=O) groups is 1. The molecule has 6 heteroatoms. The molecule has 0 bridgehead atoms. The lowest BCUT2D eigenvalue weighted by atomic mass is 10.1. The molecule has 144 valence electrons. The Kier molecular flexibility index (Phi) is 5.50. The van der Waals surface area contributed by atoms with E-state index in [1.807, 2.05) is 31.2 Å². The number of rotatable bonds is 5.